The van der Waals surface area contributed by atoms with Crippen LogP contribution < -0.4 is 16.2 Å². The van der Waals surface area contributed by atoms with Gasteiger partial charge in [0, 0.05) is 11.8 Å². The summed E-state index contributed by atoms with van der Waals surface area (Å²) in [4.78, 5) is 11.2. The van der Waals surface area contributed by atoms with E-state index < -0.39 is 11.7 Å². The van der Waals surface area contributed by atoms with Crippen LogP contribution in [0.3, 0.4) is 0 Å². The minimum Gasteiger partial charge on any atom is -0.456 e. The van der Waals surface area contributed by atoms with Gasteiger partial charge in [0.15, 0.2) is 0 Å². The van der Waals surface area contributed by atoms with E-state index in [1.165, 1.54) is 12.1 Å². The molecule has 19 heavy (non-hydrogen) atoms. The smallest absolute Gasteiger partial charge is 0.255 e. The predicted molar refractivity (Wildman–Crippen MR) is 70.6 cm³/mol. The van der Waals surface area contributed by atoms with E-state index in [0.29, 0.717) is 11.4 Å². The van der Waals surface area contributed by atoms with Crippen molar-refractivity contribution in [2.24, 2.45) is 5.73 Å². The van der Waals surface area contributed by atoms with E-state index in [4.69, 9.17) is 16.2 Å². The van der Waals surface area contributed by atoms with Crippen molar-refractivity contribution in [3.05, 3.63) is 53.3 Å². The Labute approximate surface area is 109 Å². The van der Waals surface area contributed by atoms with E-state index in [9.17, 15) is 9.18 Å². The highest BCUT2D eigenvalue weighted by atomic mass is 19.1. The number of amides is 1. The minimum absolute atomic E-state index is 0.0671. The molecule has 0 heterocycles. The van der Waals surface area contributed by atoms with E-state index in [0.717, 1.165) is 11.6 Å². The Hall–Kier alpha value is -2.56. The number of nitrogen functional groups attached to an aromatic ring is 1. The highest BCUT2D eigenvalue weighted by molar-refractivity contribution is 5.96. The molecule has 0 saturated carbocycles. The number of halogens is 1. The molecule has 0 fully saturated rings. The van der Waals surface area contributed by atoms with E-state index >= 15 is 0 Å². The lowest BCUT2D eigenvalue weighted by Crippen LogP contribution is -2.14. The molecule has 98 valence electrons. The summed E-state index contributed by atoms with van der Waals surface area (Å²) in [5.41, 5.74) is 12.0. The molecule has 0 radical (unpaired) electrons. The van der Waals surface area contributed by atoms with Crippen molar-refractivity contribution in [3.63, 3.8) is 0 Å². The van der Waals surface area contributed by atoms with E-state index in [1.807, 2.05) is 6.92 Å². The monoisotopic (exact) mass is 260 g/mol. The number of benzene rings is 2. The third-order valence-electron chi connectivity index (χ3n) is 2.52. The fraction of sp³-hybridized carbons (Fsp3) is 0.0714. The van der Waals surface area contributed by atoms with Crippen molar-refractivity contribution < 1.29 is 13.9 Å². The topological polar surface area (TPSA) is 78.3 Å². The lowest BCUT2D eigenvalue weighted by Gasteiger charge is -2.11. The number of hydrogen-bond acceptors (Lipinski definition) is 3. The van der Waals surface area contributed by atoms with Crippen molar-refractivity contribution >= 4 is 11.6 Å². The number of nitrogens with two attached hydrogens (primary N) is 2. The minimum atomic E-state index is -0.881. The Morgan fingerprint density at radius 1 is 1.26 bits per heavy atom. The SMILES string of the molecule is Cc1cc(N)cc(Oc2cccc(F)c2C(N)=O)c1. The van der Waals surface area contributed by atoms with Crippen LogP contribution in [-0.4, -0.2) is 5.91 Å². The number of aryl methyl sites for hydroxylation is 1. The Bertz CT molecular complexity index is 621. The Balaban J connectivity index is 2.43. The average molecular weight is 260 g/mol. The molecular weight excluding hydrogens is 247 g/mol. The predicted octanol–water partition coefficient (Wildman–Crippen LogP) is 2.61. The summed E-state index contributed by atoms with van der Waals surface area (Å²) in [6.07, 6.45) is 0. The van der Waals surface area contributed by atoms with Gasteiger partial charge in [0.2, 0.25) is 0 Å². The normalized spacial score (nSPS) is 10.2. The number of hydrogen-bond donors (Lipinski definition) is 2. The Morgan fingerprint density at radius 3 is 2.63 bits per heavy atom. The molecule has 0 saturated heterocycles. The van der Waals surface area contributed by atoms with Crippen LogP contribution in [0, 0.1) is 12.7 Å². The van der Waals surface area contributed by atoms with Gasteiger partial charge in [-0.1, -0.05) is 6.07 Å². The molecule has 1 amide bonds. The van der Waals surface area contributed by atoms with Gasteiger partial charge in [0.1, 0.15) is 22.9 Å². The van der Waals surface area contributed by atoms with Gasteiger partial charge >= 0.3 is 0 Å². The van der Waals surface area contributed by atoms with Gasteiger partial charge in [-0.25, -0.2) is 4.39 Å². The lowest BCUT2D eigenvalue weighted by molar-refractivity contribution is 0.0994. The standard InChI is InChI=1S/C14H13FN2O2/c1-8-5-9(16)7-10(6-8)19-12-4-2-3-11(15)13(12)14(17)18/h2-7H,16H2,1H3,(H2,17,18). The summed E-state index contributed by atoms with van der Waals surface area (Å²) in [6.45, 7) is 1.85. The number of rotatable bonds is 3. The van der Waals surface area contributed by atoms with E-state index in [1.54, 1.807) is 18.2 Å². The maximum absolute atomic E-state index is 13.6. The molecule has 2 rings (SSSR count). The fourth-order valence-electron chi connectivity index (χ4n) is 1.79. The van der Waals surface area contributed by atoms with E-state index in [-0.39, 0.29) is 11.3 Å². The summed E-state index contributed by atoms with van der Waals surface area (Å²) >= 11 is 0. The zero-order valence-electron chi connectivity index (χ0n) is 10.3. The van der Waals surface area contributed by atoms with Gasteiger partial charge in [-0.2, -0.15) is 0 Å². The van der Waals surface area contributed by atoms with Crippen LogP contribution in [0.25, 0.3) is 0 Å². The highest BCUT2D eigenvalue weighted by Crippen LogP contribution is 2.28. The van der Waals surface area contributed by atoms with Crippen molar-refractivity contribution in [1.29, 1.82) is 0 Å². The average Bonchev–Trinajstić information content (AvgIpc) is 2.26. The van der Waals surface area contributed by atoms with Crippen LogP contribution >= 0.6 is 0 Å². The first-order chi connectivity index (χ1) is 8.97. The van der Waals surface area contributed by atoms with E-state index in [2.05, 4.69) is 0 Å². The van der Waals surface area contributed by atoms with Gasteiger partial charge < -0.3 is 16.2 Å². The number of primary amides is 1. The first kappa shape index (κ1) is 12.9. The van der Waals surface area contributed by atoms with Crippen LogP contribution in [-0.2, 0) is 0 Å². The molecule has 4 N–H and O–H groups in total. The second-order valence-electron chi connectivity index (χ2n) is 4.16. The number of ether oxygens (including phenoxy) is 1. The molecule has 0 aliphatic heterocycles. The molecule has 0 aromatic heterocycles. The Morgan fingerprint density at radius 2 is 2.00 bits per heavy atom. The first-order valence-electron chi connectivity index (χ1n) is 5.60. The second-order valence-corrected chi connectivity index (χ2v) is 4.16. The Kier molecular flexibility index (Phi) is 3.37. The fourth-order valence-corrected chi connectivity index (χ4v) is 1.79. The van der Waals surface area contributed by atoms with Crippen molar-refractivity contribution in [2.75, 3.05) is 5.73 Å². The summed E-state index contributed by atoms with van der Waals surface area (Å²) in [5.74, 6) is -1.11. The molecular formula is C14H13FN2O2. The number of anilines is 1. The molecule has 0 aliphatic rings. The van der Waals surface area contributed by atoms with Gasteiger partial charge in [-0.05, 0) is 36.8 Å². The molecule has 0 unspecified atom stereocenters. The first-order valence-corrected chi connectivity index (χ1v) is 5.60. The zero-order valence-corrected chi connectivity index (χ0v) is 10.3. The maximum Gasteiger partial charge on any atom is 0.255 e. The third kappa shape index (κ3) is 2.82. The van der Waals surface area contributed by atoms with Crippen LogP contribution in [0.4, 0.5) is 10.1 Å². The summed E-state index contributed by atoms with van der Waals surface area (Å²) in [7, 11) is 0. The molecule has 0 atom stereocenters. The van der Waals surface area contributed by atoms with Crippen LogP contribution in [0.1, 0.15) is 15.9 Å². The molecule has 2 aromatic rings. The van der Waals surface area contributed by atoms with Crippen LogP contribution in [0.15, 0.2) is 36.4 Å². The number of carbonyl (C=O) groups is 1. The lowest BCUT2D eigenvalue weighted by atomic mass is 10.1. The van der Waals surface area contributed by atoms with Crippen molar-refractivity contribution in [2.45, 2.75) is 6.92 Å². The van der Waals surface area contributed by atoms with Gasteiger partial charge in [0.05, 0.1) is 0 Å². The van der Waals surface area contributed by atoms with Crippen molar-refractivity contribution in [1.82, 2.24) is 0 Å². The second kappa shape index (κ2) is 4.97. The van der Waals surface area contributed by atoms with Gasteiger partial charge in [-0.3, -0.25) is 4.79 Å². The van der Waals surface area contributed by atoms with Crippen LogP contribution in [0.5, 0.6) is 11.5 Å². The third-order valence-corrected chi connectivity index (χ3v) is 2.52. The van der Waals surface area contributed by atoms with Crippen LogP contribution in [0.2, 0.25) is 0 Å². The summed E-state index contributed by atoms with van der Waals surface area (Å²) < 4.78 is 19.0. The maximum atomic E-state index is 13.6. The molecule has 2 aromatic carbocycles. The highest BCUT2D eigenvalue weighted by Gasteiger charge is 2.15. The quantitative estimate of drug-likeness (QED) is 0.832. The summed E-state index contributed by atoms with van der Waals surface area (Å²) in [6, 6.07) is 9.15. The number of carbonyl (C=O) groups excluding carboxylic acids is 1. The zero-order chi connectivity index (χ0) is 14.0. The van der Waals surface area contributed by atoms with Gasteiger partial charge in [0.25, 0.3) is 5.91 Å². The molecule has 0 spiro atoms. The largest absolute Gasteiger partial charge is 0.456 e. The van der Waals surface area contributed by atoms with Gasteiger partial charge in [-0.15, -0.1) is 0 Å². The molecule has 5 heteroatoms. The molecule has 0 bridgehead atoms. The summed E-state index contributed by atoms with van der Waals surface area (Å²) in [5, 5.41) is 0. The molecule has 4 nitrogen and oxygen atoms in total. The molecule has 0 aliphatic carbocycles. The van der Waals surface area contributed by atoms with Crippen molar-refractivity contribution in [3.8, 4) is 11.5 Å².